The summed E-state index contributed by atoms with van der Waals surface area (Å²) in [5, 5.41) is 7.01. The number of nitrogens with zero attached hydrogens (tertiary/aromatic N) is 3. The number of aromatic nitrogens is 3. The Kier molecular flexibility index (Phi) is 4.68. The van der Waals surface area contributed by atoms with Crippen LogP contribution in [0.2, 0.25) is 0 Å². The standard InChI is InChI=1S/C18H17N5O2S.2H2/c1-4-11(5-2)15-9-23-18(26-15)13(8-21-23)17(25)22-14-6-12(16(19)24)7-20-10(14)3;;/h4-9H,1H2,2-3H3,(H2,19,24)(H,22,25);2*1H/b11-5+;;. The molecule has 0 bridgehead atoms. The van der Waals surface area contributed by atoms with E-state index < -0.39 is 5.91 Å². The first kappa shape index (κ1) is 17.6. The highest BCUT2D eigenvalue weighted by molar-refractivity contribution is 7.18. The molecular weight excluding hydrogens is 350 g/mol. The van der Waals surface area contributed by atoms with Crippen molar-refractivity contribution in [1.82, 2.24) is 14.6 Å². The molecule has 2 amide bonds. The Hall–Kier alpha value is -3.26. The third-order valence-electron chi connectivity index (χ3n) is 3.88. The first-order valence-electron chi connectivity index (χ1n) is 7.78. The number of pyridine rings is 1. The predicted molar refractivity (Wildman–Crippen MR) is 107 cm³/mol. The van der Waals surface area contributed by atoms with Gasteiger partial charge in [-0.1, -0.05) is 18.7 Å². The fourth-order valence-electron chi connectivity index (χ4n) is 2.42. The summed E-state index contributed by atoms with van der Waals surface area (Å²) in [4.78, 5) is 29.8. The van der Waals surface area contributed by atoms with Gasteiger partial charge in [-0.25, -0.2) is 4.52 Å². The Labute approximate surface area is 156 Å². The van der Waals surface area contributed by atoms with Crippen LogP contribution >= 0.6 is 11.3 Å². The number of fused-ring (bicyclic) bond motifs is 1. The summed E-state index contributed by atoms with van der Waals surface area (Å²) < 4.78 is 1.66. The molecule has 26 heavy (non-hydrogen) atoms. The number of rotatable bonds is 5. The maximum atomic E-state index is 12.7. The van der Waals surface area contributed by atoms with E-state index in [1.807, 2.05) is 19.2 Å². The monoisotopic (exact) mass is 371 g/mol. The van der Waals surface area contributed by atoms with E-state index in [2.05, 4.69) is 22.0 Å². The van der Waals surface area contributed by atoms with Gasteiger partial charge in [-0.05, 0) is 25.5 Å². The van der Waals surface area contributed by atoms with Crippen molar-refractivity contribution in [2.75, 3.05) is 5.32 Å². The Morgan fingerprint density at radius 2 is 2.19 bits per heavy atom. The molecule has 0 unspecified atom stereocenters. The largest absolute Gasteiger partial charge is 0.366 e. The van der Waals surface area contributed by atoms with Crippen molar-refractivity contribution in [3.05, 3.63) is 65.1 Å². The number of carbonyl (C=O) groups is 2. The van der Waals surface area contributed by atoms with Crippen molar-refractivity contribution in [2.24, 2.45) is 5.73 Å². The van der Waals surface area contributed by atoms with Crippen LogP contribution < -0.4 is 11.1 Å². The van der Waals surface area contributed by atoms with Gasteiger partial charge in [-0.15, -0.1) is 11.3 Å². The molecule has 3 aromatic rings. The van der Waals surface area contributed by atoms with Gasteiger partial charge >= 0.3 is 0 Å². The predicted octanol–water partition coefficient (Wildman–Crippen LogP) is 3.53. The van der Waals surface area contributed by atoms with E-state index in [0.717, 1.165) is 15.3 Å². The second kappa shape index (κ2) is 6.93. The molecule has 3 rings (SSSR count). The van der Waals surface area contributed by atoms with Crippen molar-refractivity contribution in [2.45, 2.75) is 13.8 Å². The third-order valence-corrected chi connectivity index (χ3v) is 5.04. The number of thiazole rings is 1. The van der Waals surface area contributed by atoms with E-state index in [-0.39, 0.29) is 14.3 Å². The van der Waals surface area contributed by atoms with Crippen LogP contribution in [0.3, 0.4) is 0 Å². The average molecular weight is 371 g/mol. The molecule has 136 valence electrons. The van der Waals surface area contributed by atoms with Crippen LogP contribution in [0.4, 0.5) is 5.69 Å². The lowest BCUT2D eigenvalue weighted by molar-refractivity contribution is 0.0996. The Morgan fingerprint density at radius 1 is 1.42 bits per heavy atom. The lowest BCUT2D eigenvalue weighted by Gasteiger charge is -2.08. The summed E-state index contributed by atoms with van der Waals surface area (Å²) in [6, 6.07) is 1.51. The minimum Gasteiger partial charge on any atom is -0.366 e. The zero-order valence-electron chi connectivity index (χ0n) is 14.3. The summed E-state index contributed by atoms with van der Waals surface area (Å²) in [6.07, 6.45) is 8.45. The molecule has 3 heterocycles. The number of allylic oxidation sites excluding steroid dienone is 3. The van der Waals surface area contributed by atoms with Gasteiger partial charge in [0.25, 0.3) is 5.91 Å². The molecular formula is C18H21N5O2S. The van der Waals surface area contributed by atoms with Crippen LogP contribution in [0.5, 0.6) is 0 Å². The summed E-state index contributed by atoms with van der Waals surface area (Å²) in [7, 11) is 0. The minimum atomic E-state index is -0.605. The van der Waals surface area contributed by atoms with Gasteiger partial charge in [-0.3, -0.25) is 14.6 Å². The highest BCUT2D eigenvalue weighted by Gasteiger charge is 2.18. The van der Waals surface area contributed by atoms with Crippen molar-refractivity contribution in [3.63, 3.8) is 0 Å². The van der Waals surface area contributed by atoms with Crippen LogP contribution in [0.1, 0.15) is 41.1 Å². The van der Waals surface area contributed by atoms with E-state index in [1.54, 1.807) is 17.5 Å². The van der Waals surface area contributed by atoms with Gasteiger partial charge in [0, 0.05) is 15.2 Å². The van der Waals surface area contributed by atoms with Crippen molar-refractivity contribution < 1.29 is 12.4 Å². The lowest BCUT2D eigenvalue weighted by atomic mass is 10.2. The number of hydrogen-bond donors (Lipinski definition) is 2. The fourth-order valence-corrected chi connectivity index (χ4v) is 3.55. The number of amides is 2. The first-order valence-corrected chi connectivity index (χ1v) is 8.60. The summed E-state index contributed by atoms with van der Waals surface area (Å²) >= 11 is 1.45. The Bertz CT molecular complexity index is 1070. The number of aryl methyl sites for hydroxylation is 1. The molecule has 8 heteroatoms. The summed E-state index contributed by atoms with van der Waals surface area (Å²) in [5.74, 6) is -0.937. The zero-order chi connectivity index (χ0) is 18.8. The van der Waals surface area contributed by atoms with Gasteiger partial charge in [0.1, 0.15) is 4.83 Å². The molecule has 0 aliphatic heterocycles. The van der Waals surface area contributed by atoms with E-state index in [1.165, 1.54) is 29.8 Å². The molecule has 0 aliphatic carbocycles. The number of anilines is 1. The van der Waals surface area contributed by atoms with Crippen LogP contribution in [0.15, 0.2) is 43.4 Å². The zero-order valence-corrected chi connectivity index (χ0v) is 15.1. The molecule has 0 radical (unpaired) electrons. The molecule has 3 N–H and O–H groups in total. The van der Waals surface area contributed by atoms with Crippen LogP contribution in [0.25, 0.3) is 10.4 Å². The smallest absolute Gasteiger partial charge is 0.260 e. The average Bonchev–Trinajstić information content (AvgIpc) is 3.18. The molecule has 7 nitrogen and oxygen atoms in total. The van der Waals surface area contributed by atoms with Crippen LogP contribution in [0, 0.1) is 6.92 Å². The molecule has 0 aliphatic rings. The lowest BCUT2D eigenvalue weighted by Crippen LogP contribution is -2.16. The highest BCUT2D eigenvalue weighted by atomic mass is 32.1. The first-order chi connectivity index (χ1) is 12.4. The van der Waals surface area contributed by atoms with E-state index >= 15 is 0 Å². The number of hydrogen-bond acceptors (Lipinski definition) is 5. The summed E-state index contributed by atoms with van der Waals surface area (Å²) in [5.41, 5.74) is 7.93. The molecule has 0 aromatic carbocycles. The molecule has 0 saturated heterocycles. The number of primary amides is 1. The van der Waals surface area contributed by atoms with Crippen LogP contribution in [-0.2, 0) is 0 Å². The fraction of sp³-hybridized carbons (Fsp3) is 0.111. The molecule has 0 saturated carbocycles. The second-order valence-electron chi connectivity index (χ2n) is 5.53. The van der Waals surface area contributed by atoms with Crippen molar-refractivity contribution in [1.29, 1.82) is 0 Å². The van der Waals surface area contributed by atoms with Gasteiger partial charge in [0.2, 0.25) is 5.91 Å². The maximum Gasteiger partial charge on any atom is 0.260 e. The quantitative estimate of drug-likeness (QED) is 0.670. The molecule has 0 spiro atoms. The minimum absolute atomic E-state index is 0. The van der Waals surface area contributed by atoms with Crippen LogP contribution in [-0.4, -0.2) is 26.4 Å². The third kappa shape index (κ3) is 3.14. The van der Waals surface area contributed by atoms with E-state index in [4.69, 9.17) is 5.73 Å². The Morgan fingerprint density at radius 3 is 2.85 bits per heavy atom. The summed E-state index contributed by atoms with van der Waals surface area (Å²) in [6.45, 7) is 7.45. The number of nitrogens with two attached hydrogens (primary N) is 1. The van der Waals surface area contributed by atoms with Gasteiger partial charge in [0.15, 0.2) is 0 Å². The van der Waals surface area contributed by atoms with Gasteiger partial charge < -0.3 is 11.1 Å². The van der Waals surface area contributed by atoms with Crippen molar-refractivity contribution >= 4 is 39.2 Å². The normalized spacial score (nSPS) is 11.5. The highest BCUT2D eigenvalue weighted by Crippen LogP contribution is 2.28. The Balaban J connectivity index is 0.00000196. The van der Waals surface area contributed by atoms with Gasteiger partial charge in [0.05, 0.1) is 33.6 Å². The van der Waals surface area contributed by atoms with Gasteiger partial charge in [-0.2, -0.15) is 5.10 Å². The SMILES string of the molecule is C=C/C(=C\C)c1cn2ncc(C(=O)Nc3cc(C(N)=O)cnc3C)c2s1.[HH].[HH]. The number of nitrogens with one attached hydrogen (secondary N) is 1. The maximum absolute atomic E-state index is 12.7. The van der Waals surface area contributed by atoms with E-state index in [0.29, 0.717) is 16.9 Å². The number of carbonyl (C=O) groups excluding carboxylic acids is 2. The molecule has 3 aromatic heterocycles. The van der Waals surface area contributed by atoms with E-state index in [9.17, 15) is 9.59 Å². The molecule has 0 fully saturated rings. The topological polar surface area (TPSA) is 102 Å². The second-order valence-corrected chi connectivity index (χ2v) is 6.56. The molecule has 0 atom stereocenters. The van der Waals surface area contributed by atoms with Crippen molar-refractivity contribution in [3.8, 4) is 0 Å².